The first-order valence-electron chi connectivity index (χ1n) is 7.08. The van der Waals surface area contributed by atoms with Gasteiger partial charge in [0.1, 0.15) is 23.6 Å². The molecule has 0 spiro atoms. The SMILES string of the molecule is CC1CC(=O)Oc2cc(Oc3c(C#N)cccc3C#N)ccc21. The lowest BCUT2D eigenvalue weighted by atomic mass is 9.95. The van der Waals surface area contributed by atoms with Crippen LogP contribution in [0.15, 0.2) is 36.4 Å². The molecule has 1 atom stereocenters. The van der Waals surface area contributed by atoms with Gasteiger partial charge >= 0.3 is 5.97 Å². The highest BCUT2D eigenvalue weighted by molar-refractivity contribution is 5.76. The summed E-state index contributed by atoms with van der Waals surface area (Å²) in [7, 11) is 0. The zero-order valence-corrected chi connectivity index (χ0v) is 12.4. The molecule has 1 aliphatic rings. The number of nitrogens with zero attached hydrogens (tertiary/aromatic N) is 2. The molecule has 1 unspecified atom stereocenters. The molecule has 112 valence electrons. The summed E-state index contributed by atoms with van der Waals surface area (Å²) in [4.78, 5) is 11.6. The van der Waals surface area contributed by atoms with Crippen LogP contribution >= 0.6 is 0 Å². The van der Waals surface area contributed by atoms with Crippen molar-refractivity contribution in [3.63, 3.8) is 0 Å². The zero-order valence-electron chi connectivity index (χ0n) is 12.4. The number of hydrogen-bond acceptors (Lipinski definition) is 5. The summed E-state index contributed by atoms with van der Waals surface area (Å²) in [6.45, 7) is 1.96. The summed E-state index contributed by atoms with van der Waals surface area (Å²) in [6, 6.07) is 14.0. The molecule has 2 aromatic carbocycles. The normalized spacial score (nSPS) is 15.8. The van der Waals surface area contributed by atoms with Crippen LogP contribution in [0.4, 0.5) is 0 Å². The first-order chi connectivity index (χ1) is 11.1. The van der Waals surface area contributed by atoms with Crippen LogP contribution in [0.25, 0.3) is 0 Å². The fourth-order valence-electron chi connectivity index (χ4n) is 2.54. The Morgan fingerprint density at radius 2 is 1.87 bits per heavy atom. The fourth-order valence-corrected chi connectivity index (χ4v) is 2.54. The van der Waals surface area contributed by atoms with Gasteiger partial charge in [0, 0.05) is 6.07 Å². The van der Waals surface area contributed by atoms with Crippen molar-refractivity contribution >= 4 is 5.97 Å². The maximum absolute atomic E-state index is 11.6. The topological polar surface area (TPSA) is 83.1 Å². The highest BCUT2D eigenvalue weighted by atomic mass is 16.5. The van der Waals surface area contributed by atoms with Crippen LogP contribution in [-0.2, 0) is 4.79 Å². The molecule has 0 radical (unpaired) electrons. The molecule has 0 aromatic heterocycles. The maximum Gasteiger partial charge on any atom is 0.311 e. The number of ether oxygens (including phenoxy) is 2. The van der Waals surface area contributed by atoms with E-state index in [-0.39, 0.29) is 28.8 Å². The summed E-state index contributed by atoms with van der Waals surface area (Å²) < 4.78 is 11.0. The van der Waals surface area contributed by atoms with Gasteiger partial charge in [-0.05, 0) is 29.7 Å². The molecule has 0 bridgehead atoms. The molecule has 23 heavy (non-hydrogen) atoms. The minimum absolute atomic E-state index is 0.0846. The maximum atomic E-state index is 11.6. The van der Waals surface area contributed by atoms with E-state index < -0.39 is 0 Å². The first kappa shape index (κ1) is 14.6. The molecule has 3 rings (SSSR count). The van der Waals surface area contributed by atoms with Crippen LogP contribution in [-0.4, -0.2) is 5.97 Å². The van der Waals surface area contributed by atoms with Gasteiger partial charge in [0.2, 0.25) is 0 Å². The molecule has 0 fully saturated rings. The van der Waals surface area contributed by atoms with Crippen molar-refractivity contribution in [2.75, 3.05) is 0 Å². The Morgan fingerprint density at radius 1 is 1.17 bits per heavy atom. The lowest BCUT2D eigenvalue weighted by molar-refractivity contribution is -0.135. The summed E-state index contributed by atoms with van der Waals surface area (Å²) in [6.07, 6.45) is 0.350. The monoisotopic (exact) mass is 304 g/mol. The molecule has 2 aromatic rings. The van der Waals surface area contributed by atoms with Crippen molar-refractivity contribution in [2.24, 2.45) is 0 Å². The fraction of sp³-hybridized carbons (Fsp3) is 0.167. The molecular weight excluding hydrogens is 292 g/mol. The number of benzene rings is 2. The van der Waals surface area contributed by atoms with Gasteiger partial charge < -0.3 is 9.47 Å². The average molecular weight is 304 g/mol. The van der Waals surface area contributed by atoms with E-state index in [1.165, 1.54) is 0 Å². The van der Waals surface area contributed by atoms with E-state index >= 15 is 0 Å². The molecular formula is C18H12N2O3. The largest absolute Gasteiger partial charge is 0.454 e. The Balaban J connectivity index is 2.00. The number of hydrogen-bond donors (Lipinski definition) is 0. The Labute approximate surface area is 133 Å². The summed E-state index contributed by atoms with van der Waals surface area (Å²) in [5.74, 6) is 0.871. The predicted octanol–water partition coefficient (Wildman–Crippen LogP) is 3.63. The van der Waals surface area contributed by atoms with Gasteiger partial charge in [0.15, 0.2) is 5.75 Å². The van der Waals surface area contributed by atoms with Gasteiger partial charge in [-0.25, -0.2) is 0 Å². The van der Waals surface area contributed by atoms with Gasteiger partial charge in [0.05, 0.1) is 17.5 Å². The second-order valence-corrected chi connectivity index (χ2v) is 5.29. The van der Waals surface area contributed by atoms with Gasteiger partial charge in [-0.3, -0.25) is 4.79 Å². The van der Waals surface area contributed by atoms with Crippen molar-refractivity contribution in [3.05, 3.63) is 53.1 Å². The molecule has 0 amide bonds. The van der Waals surface area contributed by atoms with Gasteiger partial charge in [0.25, 0.3) is 0 Å². The van der Waals surface area contributed by atoms with Gasteiger partial charge in [-0.2, -0.15) is 10.5 Å². The van der Waals surface area contributed by atoms with E-state index in [4.69, 9.17) is 20.0 Å². The van der Waals surface area contributed by atoms with E-state index in [2.05, 4.69) is 0 Å². The number of esters is 1. The summed E-state index contributed by atoms with van der Waals surface area (Å²) in [5, 5.41) is 18.3. The minimum atomic E-state index is -0.280. The number of carbonyl (C=O) groups is 1. The van der Waals surface area contributed by atoms with Gasteiger partial charge in [-0.15, -0.1) is 0 Å². The molecule has 0 aliphatic carbocycles. The zero-order chi connectivity index (χ0) is 16.4. The van der Waals surface area contributed by atoms with Crippen LogP contribution in [0.1, 0.15) is 36.0 Å². The first-order valence-corrected chi connectivity index (χ1v) is 7.08. The molecule has 1 aliphatic heterocycles. The Bertz CT molecular complexity index is 843. The number of carbonyl (C=O) groups excluding carboxylic acids is 1. The molecule has 0 N–H and O–H groups in total. The van der Waals surface area contributed by atoms with E-state index in [1.807, 2.05) is 25.1 Å². The predicted molar refractivity (Wildman–Crippen MR) is 81.1 cm³/mol. The quantitative estimate of drug-likeness (QED) is 0.625. The van der Waals surface area contributed by atoms with Crippen LogP contribution in [0, 0.1) is 22.7 Å². The van der Waals surface area contributed by atoms with Crippen molar-refractivity contribution in [3.8, 4) is 29.4 Å². The minimum Gasteiger partial charge on any atom is -0.454 e. The second kappa shape index (κ2) is 5.82. The van der Waals surface area contributed by atoms with Crippen LogP contribution in [0.2, 0.25) is 0 Å². The van der Waals surface area contributed by atoms with E-state index in [1.54, 1.807) is 30.3 Å². The van der Waals surface area contributed by atoms with E-state index in [9.17, 15) is 4.79 Å². The third kappa shape index (κ3) is 2.73. The smallest absolute Gasteiger partial charge is 0.311 e. The molecule has 5 heteroatoms. The Hall–Kier alpha value is -3.31. The van der Waals surface area contributed by atoms with Gasteiger partial charge in [-0.1, -0.05) is 19.1 Å². The third-order valence-corrected chi connectivity index (χ3v) is 3.69. The van der Waals surface area contributed by atoms with Crippen LogP contribution < -0.4 is 9.47 Å². The van der Waals surface area contributed by atoms with E-state index in [0.29, 0.717) is 17.9 Å². The summed E-state index contributed by atoms with van der Waals surface area (Å²) in [5.41, 5.74) is 1.48. The van der Waals surface area contributed by atoms with Crippen molar-refractivity contribution < 1.29 is 14.3 Å². The lowest BCUT2D eigenvalue weighted by Gasteiger charge is -2.22. The highest BCUT2D eigenvalue weighted by Crippen LogP contribution is 2.38. The number of rotatable bonds is 2. The van der Waals surface area contributed by atoms with Crippen molar-refractivity contribution in [1.82, 2.24) is 0 Å². The second-order valence-electron chi connectivity index (χ2n) is 5.29. The van der Waals surface area contributed by atoms with Crippen molar-refractivity contribution in [2.45, 2.75) is 19.3 Å². The van der Waals surface area contributed by atoms with E-state index in [0.717, 1.165) is 5.56 Å². The lowest BCUT2D eigenvalue weighted by Crippen LogP contribution is -2.18. The Kier molecular flexibility index (Phi) is 3.70. The van der Waals surface area contributed by atoms with Crippen molar-refractivity contribution in [1.29, 1.82) is 10.5 Å². The molecule has 0 saturated heterocycles. The number of fused-ring (bicyclic) bond motifs is 1. The van der Waals surface area contributed by atoms with Crippen LogP contribution in [0.3, 0.4) is 0 Å². The summed E-state index contributed by atoms with van der Waals surface area (Å²) >= 11 is 0. The highest BCUT2D eigenvalue weighted by Gasteiger charge is 2.24. The van der Waals surface area contributed by atoms with Crippen LogP contribution in [0.5, 0.6) is 17.2 Å². The standard InChI is InChI=1S/C18H12N2O3/c1-11-7-17(21)23-16-8-14(5-6-15(11)16)22-18-12(9-19)3-2-4-13(18)10-20/h2-6,8,11H,7H2,1H3. The molecule has 1 heterocycles. The number of nitriles is 2. The average Bonchev–Trinajstić information content (AvgIpc) is 2.54. The third-order valence-electron chi connectivity index (χ3n) is 3.69. The number of para-hydroxylation sites is 1. The Morgan fingerprint density at radius 3 is 2.52 bits per heavy atom. The molecule has 0 saturated carbocycles. The molecule has 5 nitrogen and oxygen atoms in total.